The summed E-state index contributed by atoms with van der Waals surface area (Å²) in [5.41, 5.74) is 5.55. The monoisotopic (exact) mass is 1090 g/mol. The molecule has 5 aliphatic rings. The Labute approximate surface area is 443 Å². The number of halogens is 2. The van der Waals surface area contributed by atoms with Gasteiger partial charge in [0.2, 0.25) is 17.6 Å². The van der Waals surface area contributed by atoms with E-state index in [1.807, 2.05) is 61.8 Å². The Hall–Kier alpha value is -5.07. The first kappa shape index (κ1) is 51.1. The Kier molecular flexibility index (Phi) is 13.9. The van der Waals surface area contributed by atoms with Crippen molar-refractivity contribution in [3.8, 4) is 10.4 Å². The molecular formula is C57H68BrFN8O6S. The Bertz CT molecular complexity index is 3170. The van der Waals surface area contributed by atoms with E-state index in [0.29, 0.717) is 36.5 Å². The summed E-state index contributed by atoms with van der Waals surface area (Å²) in [7, 11) is 0. The molecule has 3 saturated carbocycles. The third kappa shape index (κ3) is 9.84. The fourth-order valence-corrected chi connectivity index (χ4v) is 14.1. The number of rotatable bonds is 15. The normalized spacial score (nSPS) is 22.2. The average Bonchev–Trinajstić information content (AvgIpc) is 4.02. The molecule has 0 unspecified atom stereocenters. The zero-order valence-corrected chi connectivity index (χ0v) is 45.3. The van der Waals surface area contributed by atoms with Crippen molar-refractivity contribution in [3.63, 3.8) is 0 Å². The number of benzene rings is 3. The molecule has 3 aromatic carbocycles. The number of ether oxygens (including phenoxy) is 1. The fraction of sp³-hybridized carbons (Fsp3) is 0.544. The highest BCUT2D eigenvalue weighted by atomic mass is 79.9. The molecule has 3 aromatic heterocycles. The lowest BCUT2D eigenvalue weighted by Gasteiger charge is -2.38. The van der Waals surface area contributed by atoms with Crippen molar-refractivity contribution in [2.75, 3.05) is 32.8 Å². The summed E-state index contributed by atoms with van der Waals surface area (Å²) in [6.45, 7) is 10.6. The molecule has 0 radical (unpaired) electrons. The van der Waals surface area contributed by atoms with Crippen molar-refractivity contribution in [2.45, 2.75) is 159 Å². The number of aromatic nitrogens is 4. The summed E-state index contributed by atoms with van der Waals surface area (Å²) in [5.74, 6) is -0.594. The number of amides is 3. The van der Waals surface area contributed by atoms with E-state index >= 15 is 4.39 Å². The van der Waals surface area contributed by atoms with Crippen LogP contribution in [0.1, 0.15) is 139 Å². The highest BCUT2D eigenvalue weighted by Crippen LogP contribution is 2.45. The van der Waals surface area contributed by atoms with Crippen LogP contribution in [-0.2, 0) is 19.1 Å². The van der Waals surface area contributed by atoms with Gasteiger partial charge >= 0.3 is 0 Å². The minimum Gasteiger partial charge on any atom is -0.391 e. The predicted octanol–water partition coefficient (Wildman–Crippen LogP) is 9.47. The molecule has 74 heavy (non-hydrogen) atoms. The second-order valence-electron chi connectivity index (χ2n) is 22.9. The van der Waals surface area contributed by atoms with E-state index in [2.05, 4.69) is 77.5 Å². The molecule has 3 N–H and O–H groups in total. The molecule has 6 aromatic rings. The minimum absolute atomic E-state index is 0.0340. The Morgan fingerprint density at radius 2 is 1.68 bits per heavy atom. The van der Waals surface area contributed by atoms with Crippen molar-refractivity contribution in [1.29, 1.82) is 0 Å². The second-order valence-corrected chi connectivity index (χ2v) is 24.7. The zero-order valence-electron chi connectivity index (χ0n) is 42.9. The number of piperidine rings is 1. The first-order chi connectivity index (χ1) is 35.5. The molecule has 2 saturated heterocycles. The quantitative estimate of drug-likeness (QED) is 0.0910. The first-order valence-corrected chi connectivity index (χ1v) is 28.5. The molecule has 0 spiro atoms. The number of β-amino-alcohol motifs (C(OH)–C–C–N with tert-alkyl or cyclic N) is 1. The van der Waals surface area contributed by atoms with Crippen LogP contribution in [0.25, 0.3) is 38.2 Å². The smallest absolute Gasteiger partial charge is 0.283 e. The predicted molar refractivity (Wildman–Crippen MR) is 289 cm³/mol. The summed E-state index contributed by atoms with van der Waals surface area (Å²) in [6, 6.07) is 18.4. The van der Waals surface area contributed by atoms with Gasteiger partial charge in [-0.25, -0.2) is 9.37 Å². The van der Waals surface area contributed by atoms with Crippen LogP contribution in [0, 0.1) is 12.3 Å². The van der Waals surface area contributed by atoms with E-state index in [4.69, 9.17) is 9.72 Å². The van der Waals surface area contributed by atoms with Crippen LogP contribution in [0.5, 0.6) is 0 Å². The van der Waals surface area contributed by atoms with E-state index < -0.39 is 58.6 Å². The number of nitrogens with zero attached hydrogens (tertiary/aromatic N) is 6. The largest absolute Gasteiger partial charge is 0.391 e. The van der Waals surface area contributed by atoms with Gasteiger partial charge in [-0.3, -0.25) is 23.6 Å². The van der Waals surface area contributed by atoms with Crippen molar-refractivity contribution in [2.24, 2.45) is 5.41 Å². The molecule has 3 amide bonds. The van der Waals surface area contributed by atoms with Gasteiger partial charge in [0.1, 0.15) is 12.1 Å². The van der Waals surface area contributed by atoms with Crippen molar-refractivity contribution in [1.82, 2.24) is 39.4 Å². The van der Waals surface area contributed by atoms with Crippen LogP contribution in [-0.4, -0.2) is 114 Å². The van der Waals surface area contributed by atoms with Crippen LogP contribution in [0.3, 0.4) is 0 Å². The molecule has 4 atom stereocenters. The van der Waals surface area contributed by atoms with Crippen LogP contribution >= 0.6 is 27.3 Å². The van der Waals surface area contributed by atoms with Gasteiger partial charge in [0.25, 0.3) is 11.5 Å². The Morgan fingerprint density at radius 3 is 2.36 bits per heavy atom. The molecular weight excluding hydrogens is 1020 g/mol. The Morgan fingerprint density at radius 1 is 0.946 bits per heavy atom. The molecule has 5 fully saturated rings. The van der Waals surface area contributed by atoms with E-state index in [1.165, 1.54) is 10.5 Å². The number of fused-ring (bicyclic) bond motifs is 5. The van der Waals surface area contributed by atoms with Gasteiger partial charge in [-0.2, -0.15) is 4.98 Å². The molecule has 2 aliphatic heterocycles. The first-order valence-electron chi connectivity index (χ1n) is 26.8. The molecule has 17 heteroatoms. The van der Waals surface area contributed by atoms with Gasteiger partial charge in [-0.15, -0.1) is 11.3 Å². The second kappa shape index (κ2) is 20.1. The number of thiazole rings is 1. The average molecular weight is 1090 g/mol. The highest BCUT2D eigenvalue weighted by molar-refractivity contribution is 9.10. The van der Waals surface area contributed by atoms with Gasteiger partial charge in [0.15, 0.2) is 5.67 Å². The van der Waals surface area contributed by atoms with Gasteiger partial charge in [0.05, 0.1) is 62.4 Å². The summed E-state index contributed by atoms with van der Waals surface area (Å²) < 4.78 is 27.1. The van der Waals surface area contributed by atoms with Gasteiger partial charge < -0.3 is 34.8 Å². The maximum Gasteiger partial charge on any atom is 0.283 e. The lowest BCUT2D eigenvalue weighted by atomic mass is 9.79. The van der Waals surface area contributed by atoms with Crippen molar-refractivity contribution in [3.05, 3.63) is 97.8 Å². The van der Waals surface area contributed by atoms with E-state index in [-0.39, 0.29) is 44.0 Å². The number of carbonyl (C=O) groups excluding carboxylic acids is 3. The van der Waals surface area contributed by atoms with Crippen LogP contribution in [0.2, 0.25) is 0 Å². The lowest BCUT2D eigenvalue weighted by molar-refractivity contribution is -0.145. The third-order valence-corrected chi connectivity index (χ3v) is 18.8. The van der Waals surface area contributed by atoms with E-state index in [0.717, 1.165) is 107 Å². The number of aliphatic hydroxyl groups is 1. The van der Waals surface area contributed by atoms with Crippen LogP contribution < -0.4 is 16.2 Å². The number of imidazole rings is 1. The van der Waals surface area contributed by atoms with Crippen molar-refractivity contribution >= 4 is 72.7 Å². The van der Waals surface area contributed by atoms with Crippen LogP contribution in [0.4, 0.5) is 4.39 Å². The number of nitrogens with one attached hydrogen (secondary N) is 2. The topological polar surface area (TPSA) is 163 Å². The third-order valence-electron chi connectivity index (χ3n) is 17.1. The van der Waals surface area contributed by atoms with E-state index in [9.17, 15) is 24.3 Å². The number of hydrogen-bond acceptors (Lipinski definition) is 10. The minimum atomic E-state index is -1.97. The fourth-order valence-electron chi connectivity index (χ4n) is 12.7. The number of alkyl halides is 1. The summed E-state index contributed by atoms with van der Waals surface area (Å²) in [5, 5.41) is 17.7. The lowest BCUT2D eigenvalue weighted by Crippen LogP contribution is -2.59. The molecule has 5 heterocycles. The van der Waals surface area contributed by atoms with Crippen molar-refractivity contribution < 1.29 is 28.6 Å². The number of aryl methyl sites for hydroxylation is 1. The Balaban J connectivity index is 0.792. The van der Waals surface area contributed by atoms with Gasteiger partial charge in [-0.05, 0) is 153 Å². The SMILES string of the molecule is Cc1ncsc1-c1ccc([C@H](COC(C)(C)CN2CCC(c3ccc4c(c3)n(C3CCCC3)c3nc(=O)c5c(Br)cccc5n43)CC2)NC(=O)[C@@H]2C[C@@H](O)CN2C(=O)[C@@H](NC(=O)C2(F)CC2)C2(C)CCCC2)cc1. The highest BCUT2D eigenvalue weighted by Gasteiger charge is 2.55. The van der Waals surface area contributed by atoms with E-state index in [1.54, 1.807) is 11.3 Å². The zero-order chi connectivity index (χ0) is 51.7. The number of hydrogen-bond donors (Lipinski definition) is 3. The number of likely N-dealkylation sites (tertiary alicyclic amines) is 2. The molecule has 3 aliphatic carbocycles. The number of aliphatic hydroxyl groups excluding tert-OH is 1. The summed E-state index contributed by atoms with van der Waals surface area (Å²) >= 11 is 5.19. The number of carbonyl (C=O) groups is 3. The maximum absolute atomic E-state index is 15.1. The van der Waals surface area contributed by atoms with Gasteiger partial charge in [0, 0.05) is 30.0 Å². The summed E-state index contributed by atoms with van der Waals surface area (Å²) in [4.78, 5) is 70.0. The molecule has 11 rings (SSSR count). The summed E-state index contributed by atoms with van der Waals surface area (Å²) in [6.07, 6.45) is 8.87. The molecule has 0 bridgehead atoms. The molecule has 392 valence electrons. The standard InChI is InChI=1S/C57H68BrFN8O6S/c1-34-48(74-33-60-34)37-16-14-36(15-17-37)42(61-50(69)46-29-40(68)30-65(46)52(71)49(56(4)22-7-8-23-56)62-53(72)57(59)24-25-57)31-73-55(2,3)32-64-26-20-35(21-27-64)38-18-19-43-45(28-38)66(39-10-5-6-11-39)54-63-51(70)47-41(58)12-9-13-44(47)67(43)54/h9,12-19,28,33,35,39-40,42,46,49,68H,5-8,10-11,20-27,29-32H2,1-4H3,(H,61,69)(H,62,72)/t40-,42+,46+,49-/m1/s1. The maximum atomic E-state index is 15.1. The molecule has 14 nitrogen and oxygen atoms in total. The van der Waals surface area contributed by atoms with Gasteiger partial charge in [-0.1, -0.05) is 69.0 Å². The van der Waals surface area contributed by atoms with Crippen LogP contribution in [0.15, 0.2) is 75.4 Å².